The number of carbonyl (C=O) groups is 3. The Morgan fingerprint density at radius 1 is 1.19 bits per heavy atom. The number of rotatable bonds is 3. The second-order valence-electron chi connectivity index (χ2n) is 3.69. The van der Waals surface area contributed by atoms with E-state index in [0.717, 1.165) is 9.80 Å². The van der Waals surface area contributed by atoms with Crippen LogP contribution in [0.1, 0.15) is 27.2 Å². The predicted molar refractivity (Wildman–Crippen MR) is 57.2 cm³/mol. The van der Waals surface area contributed by atoms with E-state index in [0.29, 0.717) is 6.42 Å². The Labute approximate surface area is 94.4 Å². The lowest BCUT2D eigenvalue weighted by atomic mass is 10.3. The number of amides is 4. The van der Waals surface area contributed by atoms with Gasteiger partial charge < -0.3 is 0 Å². The molecule has 1 aliphatic rings. The van der Waals surface area contributed by atoms with Crippen molar-refractivity contribution in [3.8, 4) is 11.8 Å². The standard InChI is InChI=1S/C11H14N2O3/c1-4-5-6-7-12-9(14)10(15)13(8(2)3)11(12)16/h8H,6-7H2,1-3H3. The lowest BCUT2D eigenvalue weighted by Gasteiger charge is -2.17. The molecule has 1 rings (SSSR count). The summed E-state index contributed by atoms with van der Waals surface area (Å²) < 4.78 is 0. The van der Waals surface area contributed by atoms with Crippen LogP contribution in [0.4, 0.5) is 4.79 Å². The summed E-state index contributed by atoms with van der Waals surface area (Å²) in [5.74, 6) is 3.92. The highest BCUT2D eigenvalue weighted by Crippen LogP contribution is 2.15. The van der Waals surface area contributed by atoms with Gasteiger partial charge in [-0.3, -0.25) is 19.4 Å². The van der Waals surface area contributed by atoms with Gasteiger partial charge in [0.1, 0.15) is 0 Å². The molecular formula is C11H14N2O3. The van der Waals surface area contributed by atoms with Crippen LogP contribution in [0.5, 0.6) is 0 Å². The maximum absolute atomic E-state index is 11.7. The molecule has 0 saturated carbocycles. The van der Waals surface area contributed by atoms with Crippen LogP contribution in [0.3, 0.4) is 0 Å². The van der Waals surface area contributed by atoms with Gasteiger partial charge in [-0.15, -0.1) is 11.8 Å². The lowest BCUT2D eigenvalue weighted by molar-refractivity contribution is -0.143. The molecular weight excluding hydrogens is 208 g/mol. The Morgan fingerprint density at radius 2 is 1.81 bits per heavy atom. The smallest absolute Gasteiger partial charge is 0.263 e. The van der Waals surface area contributed by atoms with Crippen LogP contribution in [-0.2, 0) is 9.59 Å². The van der Waals surface area contributed by atoms with Crippen molar-refractivity contribution in [2.75, 3.05) is 6.54 Å². The normalized spacial score (nSPS) is 15.9. The lowest BCUT2D eigenvalue weighted by Crippen LogP contribution is -2.38. The fourth-order valence-corrected chi connectivity index (χ4v) is 1.47. The van der Waals surface area contributed by atoms with E-state index >= 15 is 0 Å². The zero-order valence-electron chi connectivity index (χ0n) is 9.61. The third-order valence-corrected chi connectivity index (χ3v) is 2.24. The van der Waals surface area contributed by atoms with E-state index in [2.05, 4.69) is 11.8 Å². The van der Waals surface area contributed by atoms with Crippen molar-refractivity contribution >= 4 is 17.8 Å². The van der Waals surface area contributed by atoms with Crippen molar-refractivity contribution in [1.29, 1.82) is 0 Å². The van der Waals surface area contributed by atoms with Gasteiger partial charge in [0.15, 0.2) is 0 Å². The predicted octanol–water partition coefficient (Wildman–Crippen LogP) is 0.599. The molecule has 5 heteroatoms. The van der Waals surface area contributed by atoms with E-state index in [4.69, 9.17) is 0 Å². The molecule has 4 amide bonds. The molecule has 1 aliphatic heterocycles. The quantitative estimate of drug-likeness (QED) is 0.399. The van der Waals surface area contributed by atoms with Crippen molar-refractivity contribution in [3.63, 3.8) is 0 Å². The average molecular weight is 222 g/mol. The van der Waals surface area contributed by atoms with Crippen LogP contribution in [0.15, 0.2) is 0 Å². The first-order valence-corrected chi connectivity index (χ1v) is 5.09. The summed E-state index contributed by atoms with van der Waals surface area (Å²) in [4.78, 5) is 36.6. The Balaban J connectivity index is 2.80. The molecule has 0 radical (unpaired) electrons. The first-order chi connectivity index (χ1) is 7.50. The molecule has 1 fully saturated rings. The topological polar surface area (TPSA) is 57.7 Å². The highest BCUT2D eigenvalue weighted by atomic mass is 16.2. The van der Waals surface area contributed by atoms with Gasteiger partial charge >= 0.3 is 17.8 Å². The van der Waals surface area contributed by atoms with Gasteiger partial charge in [-0.2, -0.15) is 0 Å². The number of hydrogen-bond donors (Lipinski definition) is 0. The Morgan fingerprint density at radius 3 is 2.25 bits per heavy atom. The number of urea groups is 1. The Bertz CT molecular complexity index is 390. The van der Waals surface area contributed by atoms with E-state index < -0.39 is 17.8 Å². The molecule has 0 unspecified atom stereocenters. The molecule has 0 aromatic rings. The molecule has 86 valence electrons. The molecule has 0 aromatic heterocycles. The van der Waals surface area contributed by atoms with Crippen molar-refractivity contribution < 1.29 is 14.4 Å². The van der Waals surface area contributed by atoms with Gasteiger partial charge in [0, 0.05) is 19.0 Å². The average Bonchev–Trinajstić information content (AvgIpc) is 2.42. The SMILES string of the molecule is CC#CCCN1C(=O)C(=O)N(C(C)C)C1=O. The highest BCUT2D eigenvalue weighted by molar-refractivity contribution is 6.44. The maximum atomic E-state index is 11.7. The van der Waals surface area contributed by atoms with Crippen LogP contribution in [0, 0.1) is 11.8 Å². The van der Waals surface area contributed by atoms with Crippen LogP contribution in [0.2, 0.25) is 0 Å². The van der Waals surface area contributed by atoms with Crippen LogP contribution in [-0.4, -0.2) is 40.2 Å². The summed E-state index contributed by atoms with van der Waals surface area (Å²) in [6.07, 6.45) is 0.396. The van der Waals surface area contributed by atoms with Gasteiger partial charge in [-0.25, -0.2) is 4.79 Å². The molecule has 0 atom stereocenters. The fourth-order valence-electron chi connectivity index (χ4n) is 1.47. The van der Waals surface area contributed by atoms with E-state index in [9.17, 15) is 14.4 Å². The van der Waals surface area contributed by atoms with Gasteiger partial charge in [0.05, 0.1) is 0 Å². The maximum Gasteiger partial charge on any atom is 0.334 e. The van der Waals surface area contributed by atoms with E-state index in [-0.39, 0.29) is 12.6 Å². The third kappa shape index (κ3) is 2.06. The fraction of sp³-hybridized carbons (Fsp3) is 0.545. The molecule has 0 spiro atoms. The van der Waals surface area contributed by atoms with Gasteiger partial charge in [0.25, 0.3) is 0 Å². The second kappa shape index (κ2) is 4.79. The monoisotopic (exact) mass is 222 g/mol. The van der Waals surface area contributed by atoms with Crippen molar-refractivity contribution in [2.45, 2.75) is 33.2 Å². The zero-order chi connectivity index (χ0) is 12.3. The number of carbonyl (C=O) groups excluding carboxylic acids is 3. The number of imide groups is 2. The second-order valence-corrected chi connectivity index (χ2v) is 3.69. The summed E-state index contributed by atoms with van der Waals surface area (Å²) in [6, 6.07) is -0.839. The molecule has 5 nitrogen and oxygen atoms in total. The minimum Gasteiger partial charge on any atom is -0.263 e. The van der Waals surface area contributed by atoms with E-state index in [1.165, 1.54) is 0 Å². The van der Waals surface area contributed by atoms with Crippen LogP contribution < -0.4 is 0 Å². The van der Waals surface area contributed by atoms with Crippen molar-refractivity contribution in [2.24, 2.45) is 0 Å². The van der Waals surface area contributed by atoms with Gasteiger partial charge in [-0.05, 0) is 20.8 Å². The zero-order valence-corrected chi connectivity index (χ0v) is 9.61. The van der Waals surface area contributed by atoms with Crippen molar-refractivity contribution in [1.82, 2.24) is 9.80 Å². The molecule has 0 bridgehead atoms. The molecule has 1 saturated heterocycles. The van der Waals surface area contributed by atoms with E-state index in [1.54, 1.807) is 20.8 Å². The minimum atomic E-state index is -0.753. The van der Waals surface area contributed by atoms with Crippen LogP contribution in [0.25, 0.3) is 0 Å². The van der Waals surface area contributed by atoms with Crippen molar-refractivity contribution in [3.05, 3.63) is 0 Å². The minimum absolute atomic E-state index is 0.174. The van der Waals surface area contributed by atoms with E-state index in [1.807, 2.05) is 0 Å². The Hall–Kier alpha value is -1.83. The largest absolute Gasteiger partial charge is 0.334 e. The summed E-state index contributed by atoms with van der Waals surface area (Å²) >= 11 is 0. The first kappa shape index (κ1) is 12.2. The molecule has 0 aliphatic carbocycles. The van der Waals surface area contributed by atoms with Gasteiger partial charge in [-0.1, -0.05) is 0 Å². The molecule has 1 heterocycles. The third-order valence-electron chi connectivity index (χ3n) is 2.24. The van der Waals surface area contributed by atoms with Gasteiger partial charge in [0.2, 0.25) is 0 Å². The number of hydrogen-bond acceptors (Lipinski definition) is 3. The number of nitrogens with zero attached hydrogens (tertiary/aromatic N) is 2. The molecule has 16 heavy (non-hydrogen) atoms. The summed E-state index contributed by atoms with van der Waals surface area (Å²) in [5.41, 5.74) is 0. The summed E-state index contributed by atoms with van der Waals surface area (Å²) in [6.45, 7) is 5.24. The highest BCUT2D eigenvalue weighted by Gasteiger charge is 2.45. The molecule has 0 N–H and O–H groups in total. The first-order valence-electron chi connectivity index (χ1n) is 5.09. The molecule has 0 aromatic carbocycles. The summed E-state index contributed by atoms with van der Waals surface area (Å²) in [5, 5.41) is 0. The Kier molecular flexibility index (Phi) is 3.67. The van der Waals surface area contributed by atoms with Crippen LogP contribution >= 0.6 is 0 Å². The summed E-state index contributed by atoms with van der Waals surface area (Å²) in [7, 11) is 0.